The van der Waals surface area contributed by atoms with Gasteiger partial charge in [0.05, 0.1) is 5.69 Å². The Labute approximate surface area is 53.4 Å². The summed E-state index contributed by atoms with van der Waals surface area (Å²) in [4.78, 5) is 0. The summed E-state index contributed by atoms with van der Waals surface area (Å²) in [6, 6.07) is 4.05. The number of hydrogen-bond acceptors (Lipinski definition) is 1. The second-order valence-electron chi connectivity index (χ2n) is 2.00. The average Bonchev–Trinajstić information content (AvgIpc) is 2.33. The molecule has 0 amide bonds. The summed E-state index contributed by atoms with van der Waals surface area (Å²) >= 11 is 0. The van der Waals surface area contributed by atoms with Crippen LogP contribution in [0.4, 0.5) is 0 Å². The van der Waals surface area contributed by atoms with Gasteiger partial charge in [-0.1, -0.05) is 0 Å². The van der Waals surface area contributed by atoms with Crippen LogP contribution in [0.3, 0.4) is 0 Å². The van der Waals surface area contributed by atoms with Gasteiger partial charge >= 0.3 is 0 Å². The van der Waals surface area contributed by atoms with Crippen LogP contribution in [0.5, 0.6) is 0 Å². The Morgan fingerprint density at radius 1 is 1.56 bits per heavy atom. The van der Waals surface area contributed by atoms with Gasteiger partial charge in [-0.2, -0.15) is 0 Å². The molecule has 0 spiro atoms. The summed E-state index contributed by atoms with van der Waals surface area (Å²) in [6.07, 6.45) is 5.61. The van der Waals surface area contributed by atoms with Gasteiger partial charge in [0.2, 0.25) is 0 Å². The van der Waals surface area contributed by atoms with Gasteiger partial charge in [-0.15, -0.1) is 0 Å². The highest BCUT2D eigenvalue weighted by Gasteiger charge is 2.00. The molecule has 2 heterocycles. The molecule has 1 aromatic heterocycles. The predicted octanol–water partition coefficient (Wildman–Crippen LogP) is 1.45. The van der Waals surface area contributed by atoms with Crippen LogP contribution in [0.25, 0.3) is 6.20 Å². The normalized spacial score (nSPS) is 14.7. The second kappa shape index (κ2) is 1.65. The van der Waals surface area contributed by atoms with Crippen molar-refractivity contribution in [3.63, 3.8) is 0 Å². The molecule has 46 valence electrons. The van der Waals surface area contributed by atoms with E-state index >= 15 is 0 Å². The average molecular weight is 121 g/mol. The van der Waals surface area contributed by atoms with Gasteiger partial charge in [0.25, 0.3) is 0 Å². The Balaban J connectivity index is 2.53. The molecule has 0 saturated carbocycles. The zero-order valence-electron chi connectivity index (χ0n) is 4.95. The highest BCUT2D eigenvalue weighted by atomic mass is 16.5. The van der Waals surface area contributed by atoms with Gasteiger partial charge in [0, 0.05) is 12.4 Å². The molecule has 0 aromatic carbocycles. The summed E-state index contributed by atoms with van der Waals surface area (Å²) in [6.45, 7) is 0.698. The molecule has 0 fully saturated rings. The number of rotatable bonds is 0. The summed E-state index contributed by atoms with van der Waals surface area (Å²) in [5.41, 5.74) is 1.21. The van der Waals surface area contributed by atoms with Crippen molar-refractivity contribution in [3.8, 4) is 0 Å². The Kier molecular flexibility index (Phi) is 0.859. The fourth-order valence-electron chi connectivity index (χ4n) is 0.939. The van der Waals surface area contributed by atoms with Crippen molar-refractivity contribution in [3.05, 3.63) is 30.3 Å². The standard InChI is InChI=1S/C7H7NO/c1-2-7-6-9-5-4-8(7)3-1/h1-5H,6H2. The van der Waals surface area contributed by atoms with Gasteiger partial charge in [-0.3, -0.25) is 0 Å². The summed E-state index contributed by atoms with van der Waals surface area (Å²) in [7, 11) is 0. The third-order valence-corrected chi connectivity index (χ3v) is 1.42. The minimum Gasteiger partial charge on any atom is -0.493 e. The highest BCUT2D eigenvalue weighted by Crippen LogP contribution is 2.08. The van der Waals surface area contributed by atoms with E-state index in [2.05, 4.69) is 0 Å². The Hall–Kier alpha value is -1.18. The molecule has 0 saturated heterocycles. The third kappa shape index (κ3) is 0.633. The Morgan fingerprint density at radius 3 is 3.44 bits per heavy atom. The number of ether oxygens (including phenoxy) is 1. The van der Waals surface area contributed by atoms with Crippen molar-refractivity contribution in [2.45, 2.75) is 6.61 Å². The molecule has 2 rings (SSSR count). The lowest BCUT2D eigenvalue weighted by atomic mass is 10.4. The molecule has 0 N–H and O–H groups in total. The molecule has 2 nitrogen and oxygen atoms in total. The quantitative estimate of drug-likeness (QED) is 0.506. The number of nitrogens with zero attached hydrogens (tertiary/aromatic N) is 1. The number of hydrogen-bond donors (Lipinski definition) is 0. The first-order valence-electron chi connectivity index (χ1n) is 2.91. The Morgan fingerprint density at radius 2 is 2.56 bits per heavy atom. The van der Waals surface area contributed by atoms with Gasteiger partial charge in [-0.25, -0.2) is 0 Å². The highest BCUT2D eigenvalue weighted by molar-refractivity contribution is 5.28. The number of aromatic nitrogens is 1. The first-order valence-corrected chi connectivity index (χ1v) is 2.91. The third-order valence-electron chi connectivity index (χ3n) is 1.42. The lowest BCUT2D eigenvalue weighted by molar-refractivity contribution is 0.224. The van der Waals surface area contributed by atoms with Crippen LogP contribution in [0, 0.1) is 0 Å². The zero-order valence-corrected chi connectivity index (χ0v) is 4.95. The van der Waals surface area contributed by atoms with E-state index in [0.29, 0.717) is 6.61 Å². The van der Waals surface area contributed by atoms with E-state index in [-0.39, 0.29) is 0 Å². The molecule has 1 aliphatic heterocycles. The van der Waals surface area contributed by atoms with E-state index < -0.39 is 0 Å². The fourth-order valence-corrected chi connectivity index (χ4v) is 0.939. The van der Waals surface area contributed by atoms with Gasteiger partial charge in [0.1, 0.15) is 12.9 Å². The molecule has 2 heteroatoms. The van der Waals surface area contributed by atoms with E-state index in [4.69, 9.17) is 4.74 Å². The van der Waals surface area contributed by atoms with Crippen LogP contribution in [-0.2, 0) is 11.3 Å². The van der Waals surface area contributed by atoms with Crippen LogP contribution in [0.15, 0.2) is 24.6 Å². The van der Waals surface area contributed by atoms with Crippen LogP contribution in [-0.4, -0.2) is 4.57 Å². The van der Waals surface area contributed by atoms with Crippen molar-refractivity contribution < 1.29 is 4.74 Å². The molecular formula is C7H7NO. The van der Waals surface area contributed by atoms with Crippen LogP contribution in [0.1, 0.15) is 5.69 Å². The number of fused-ring (bicyclic) bond motifs is 1. The zero-order chi connectivity index (χ0) is 6.10. The summed E-state index contributed by atoms with van der Waals surface area (Å²) in [5.74, 6) is 0. The molecule has 0 bridgehead atoms. The lowest BCUT2D eigenvalue weighted by Gasteiger charge is -2.08. The van der Waals surface area contributed by atoms with Crippen LogP contribution >= 0.6 is 0 Å². The van der Waals surface area contributed by atoms with Crippen molar-refractivity contribution in [2.24, 2.45) is 0 Å². The molecule has 0 atom stereocenters. The van der Waals surface area contributed by atoms with E-state index in [9.17, 15) is 0 Å². The van der Waals surface area contributed by atoms with E-state index in [1.54, 1.807) is 6.26 Å². The predicted molar refractivity (Wildman–Crippen MR) is 34.6 cm³/mol. The molecule has 1 aromatic rings. The smallest absolute Gasteiger partial charge is 0.128 e. The van der Waals surface area contributed by atoms with E-state index in [0.717, 1.165) is 0 Å². The van der Waals surface area contributed by atoms with Crippen molar-refractivity contribution >= 4 is 6.20 Å². The fraction of sp³-hybridized carbons (Fsp3) is 0.143. The van der Waals surface area contributed by atoms with Crippen molar-refractivity contribution in [1.29, 1.82) is 0 Å². The van der Waals surface area contributed by atoms with Crippen LogP contribution < -0.4 is 0 Å². The van der Waals surface area contributed by atoms with Gasteiger partial charge in [0.15, 0.2) is 0 Å². The monoisotopic (exact) mass is 121 g/mol. The van der Waals surface area contributed by atoms with Crippen LogP contribution in [0.2, 0.25) is 0 Å². The second-order valence-corrected chi connectivity index (χ2v) is 2.00. The molecule has 9 heavy (non-hydrogen) atoms. The SMILES string of the molecule is C1=Cn2cccc2CO1. The molecule has 0 aliphatic carbocycles. The minimum atomic E-state index is 0.698. The topological polar surface area (TPSA) is 14.2 Å². The maximum atomic E-state index is 5.05. The van der Waals surface area contributed by atoms with Crippen molar-refractivity contribution in [1.82, 2.24) is 4.57 Å². The Bertz CT molecular complexity index is 237. The van der Waals surface area contributed by atoms with Crippen molar-refractivity contribution in [2.75, 3.05) is 0 Å². The molecular weight excluding hydrogens is 114 g/mol. The van der Waals surface area contributed by atoms with Gasteiger partial charge in [-0.05, 0) is 12.1 Å². The molecule has 0 radical (unpaired) electrons. The minimum absolute atomic E-state index is 0.698. The van der Waals surface area contributed by atoms with Gasteiger partial charge < -0.3 is 9.30 Å². The maximum Gasteiger partial charge on any atom is 0.128 e. The summed E-state index contributed by atoms with van der Waals surface area (Å²) < 4.78 is 7.10. The first-order chi connectivity index (χ1) is 4.47. The molecule has 0 unspecified atom stereocenters. The summed E-state index contributed by atoms with van der Waals surface area (Å²) in [5, 5.41) is 0. The van der Waals surface area contributed by atoms with E-state index in [1.165, 1.54) is 5.69 Å². The lowest BCUT2D eigenvalue weighted by Crippen LogP contribution is -1.99. The maximum absolute atomic E-state index is 5.05. The largest absolute Gasteiger partial charge is 0.493 e. The molecule has 1 aliphatic rings. The first kappa shape index (κ1) is 4.68. The van der Waals surface area contributed by atoms with E-state index in [1.807, 2.05) is 29.1 Å².